The number of carbonyl (C=O) groups is 1. The zero-order valence-electron chi connectivity index (χ0n) is 15.9. The highest BCUT2D eigenvalue weighted by molar-refractivity contribution is 5.91. The Balaban J connectivity index is 1.43. The van der Waals surface area contributed by atoms with E-state index in [0.29, 0.717) is 32.0 Å². The van der Waals surface area contributed by atoms with Gasteiger partial charge in [-0.25, -0.2) is 4.98 Å². The molecule has 1 amide bonds. The normalized spacial score (nSPS) is 11.0. The van der Waals surface area contributed by atoms with E-state index in [2.05, 4.69) is 33.9 Å². The molecule has 0 aliphatic heterocycles. The molecule has 0 bridgehead atoms. The summed E-state index contributed by atoms with van der Waals surface area (Å²) in [4.78, 5) is 16.8. The number of aryl methyl sites for hydroxylation is 1. The molecular weight excluding hydrogens is 338 g/mol. The first-order valence-corrected chi connectivity index (χ1v) is 9.64. The summed E-state index contributed by atoms with van der Waals surface area (Å²) in [6.45, 7) is 4.22. The highest BCUT2D eigenvalue weighted by atomic mass is 16.5. The Bertz CT molecular complexity index is 858. The highest BCUT2D eigenvalue weighted by Gasteiger charge is 2.12. The summed E-state index contributed by atoms with van der Waals surface area (Å²) in [7, 11) is 0. The second kappa shape index (κ2) is 9.88. The van der Waals surface area contributed by atoms with Gasteiger partial charge in [0.25, 0.3) is 0 Å². The number of anilines is 1. The van der Waals surface area contributed by atoms with Crippen molar-refractivity contribution in [2.45, 2.75) is 39.2 Å². The van der Waals surface area contributed by atoms with Crippen molar-refractivity contribution in [3.05, 3.63) is 60.2 Å². The van der Waals surface area contributed by atoms with Crippen LogP contribution >= 0.6 is 0 Å². The summed E-state index contributed by atoms with van der Waals surface area (Å²) in [5.41, 5.74) is 3.23. The third-order valence-corrected chi connectivity index (χ3v) is 4.42. The van der Waals surface area contributed by atoms with Crippen LogP contribution in [0.15, 0.2) is 54.6 Å². The van der Waals surface area contributed by atoms with Crippen molar-refractivity contribution in [2.24, 2.45) is 0 Å². The number of hydrogen-bond donors (Lipinski definition) is 1. The third-order valence-electron chi connectivity index (χ3n) is 4.42. The molecule has 0 aliphatic carbocycles. The van der Waals surface area contributed by atoms with Crippen LogP contribution in [0, 0.1) is 0 Å². The molecule has 3 rings (SSSR count). The van der Waals surface area contributed by atoms with Crippen molar-refractivity contribution in [3.63, 3.8) is 0 Å². The lowest BCUT2D eigenvalue weighted by Crippen LogP contribution is -2.16. The van der Waals surface area contributed by atoms with E-state index in [1.807, 2.05) is 42.5 Å². The molecule has 1 heterocycles. The predicted octanol–water partition coefficient (Wildman–Crippen LogP) is 4.42. The molecule has 0 unspecified atom stereocenters. The molecule has 0 saturated heterocycles. The first-order valence-electron chi connectivity index (χ1n) is 9.64. The Morgan fingerprint density at radius 1 is 1.07 bits per heavy atom. The molecule has 0 spiro atoms. The molecule has 0 saturated carbocycles. The van der Waals surface area contributed by atoms with Crippen LogP contribution in [0.2, 0.25) is 0 Å². The maximum atomic E-state index is 12.3. The van der Waals surface area contributed by atoms with Crippen molar-refractivity contribution >= 4 is 22.9 Å². The summed E-state index contributed by atoms with van der Waals surface area (Å²) in [5, 5.41) is 2.96. The summed E-state index contributed by atoms with van der Waals surface area (Å²) < 4.78 is 7.72. The minimum atomic E-state index is -0.0191. The minimum Gasteiger partial charge on any atom is -0.381 e. The van der Waals surface area contributed by atoms with Crippen LogP contribution < -0.4 is 5.32 Å². The Labute approximate surface area is 160 Å². The molecule has 2 aromatic carbocycles. The molecular formula is C22H27N3O2. The molecule has 1 aromatic heterocycles. The van der Waals surface area contributed by atoms with E-state index in [9.17, 15) is 4.79 Å². The van der Waals surface area contributed by atoms with Gasteiger partial charge in [0.2, 0.25) is 11.9 Å². The number of amides is 1. The van der Waals surface area contributed by atoms with E-state index in [4.69, 9.17) is 4.74 Å². The standard InChI is InChI=1S/C22H27N3O2/c1-2-15-25-20-12-7-6-11-19(20)23-22(25)24-21(26)13-8-16-27-17-14-18-9-4-3-5-10-18/h3-7,9-12H,2,8,13-17H2,1H3,(H,23,24,26). The van der Waals surface area contributed by atoms with Crippen molar-refractivity contribution in [1.29, 1.82) is 0 Å². The molecule has 0 radical (unpaired) electrons. The van der Waals surface area contributed by atoms with Gasteiger partial charge in [0, 0.05) is 19.6 Å². The Morgan fingerprint density at radius 2 is 1.85 bits per heavy atom. The molecule has 1 N–H and O–H groups in total. The Hall–Kier alpha value is -2.66. The molecule has 5 nitrogen and oxygen atoms in total. The number of para-hydroxylation sites is 2. The van der Waals surface area contributed by atoms with Crippen molar-refractivity contribution < 1.29 is 9.53 Å². The summed E-state index contributed by atoms with van der Waals surface area (Å²) in [6, 6.07) is 18.2. The number of benzene rings is 2. The van der Waals surface area contributed by atoms with Gasteiger partial charge in [-0.2, -0.15) is 0 Å². The van der Waals surface area contributed by atoms with Gasteiger partial charge < -0.3 is 9.30 Å². The van der Waals surface area contributed by atoms with Crippen LogP contribution in [-0.4, -0.2) is 28.7 Å². The number of nitrogens with one attached hydrogen (secondary N) is 1. The van der Waals surface area contributed by atoms with E-state index in [1.165, 1.54) is 5.56 Å². The van der Waals surface area contributed by atoms with Crippen molar-refractivity contribution in [1.82, 2.24) is 9.55 Å². The summed E-state index contributed by atoms with van der Waals surface area (Å²) in [6.07, 6.45) is 3.02. The van der Waals surface area contributed by atoms with Crippen LogP contribution in [0.5, 0.6) is 0 Å². The SMILES string of the molecule is CCCn1c(NC(=O)CCCOCCc2ccccc2)nc2ccccc21. The predicted molar refractivity (Wildman–Crippen MR) is 109 cm³/mol. The zero-order valence-corrected chi connectivity index (χ0v) is 15.9. The topological polar surface area (TPSA) is 56.2 Å². The van der Waals surface area contributed by atoms with Gasteiger partial charge in [-0.05, 0) is 37.0 Å². The molecule has 142 valence electrons. The van der Waals surface area contributed by atoms with E-state index in [0.717, 1.165) is 30.4 Å². The van der Waals surface area contributed by atoms with Gasteiger partial charge in [0.1, 0.15) is 0 Å². The average molecular weight is 365 g/mol. The highest BCUT2D eigenvalue weighted by Crippen LogP contribution is 2.20. The maximum Gasteiger partial charge on any atom is 0.226 e. The van der Waals surface area contributed by atoms with Crippen molar-refractivity contribution in [2.75, 3.05) is 18.5 Å². The number of rotatable bonds is 10. The van der Waals surface area contributed by atoms with E-state index in [-0.39, 0.29) is 5.91 Å². The summed E-state index contributed by atoms with van der Waals surface area (Å²) >= 11 is 0. The molecule has 0 atom stereocenters. The van der Waals surface area contributed by atoms with Gasteiger partial charge in [-0.3, -0.25) is 10.1 Å². The monoisotopic (exact) mass is 365 g/mol. The second-order valence-electron chi connectivity index (χ2n) is 6.58. The number of aromatic nitrogens is 2. The number of nitrogens with zero attached hydrogens (tertiary/aromatic N) is 2. The van der Waals surface area contributed by atoms with Crippen LogP contribution in [0.3, 0.4) is 0 Å². The van der Waals surface area contributed by atoms with Gasteiger partial charge >= 0.3 is 0 Å². The molecule has 27 heavy (non-hydrogen) atoms. The number of carbonyl (C=O) groups excluding carboxylic acids is 1. The quantitative estimate of drug-likeness (QED) is 0.541. The minimum absolute atomic E-state index is 0.0191. The third kappa shape index (κ3) is 5.41. The lowest BCUT2D eigenvalue weighted by atomic mass is 10.2. The smallest absolute Gasteiger partial charge is 0.226 e. The second-order valence-corrected chi connectivity index (χ2v) is 6.58. The number of fused-ring (bicyclic) bond motifs is 1. The zero-order chi connectivity index (χ0) is 18.9. The van der Waals surface area contributed by atoms with E-state index < -0.39 is 0 Å². The first-order chi connectivity index (χ1) is 13.3. The Kier molecular flexibility index (Phi) is 6.99. The average Bonchev–Trinajstić information content (AvgIpc) is 3.03. The fraction of sp³-hybridized carbons (Fsp3) is 0.364. The Morgan fingerprint density at radius 3 is 2.67 bits per heavy atom. The van der Waals surface area contributed by atoms with E-state index in [1.54, 1.807) is 0 Å². The maximum absolute atomic E-state index is 12.3. The molecule has 0 fully saturated rings. The lowest BCUT2D eigenvalue weighted by Gasteiger charge is -2.09. The summed E-state index contributed by atoms with van der Waals surface area (Å²) in [5.74, 6) is 0.613. The van der Waals surface area contributed by atoms with Gasteiger partial charge in [0.15, 0.2) is 0 Å². The molecule has 3 aromatic rings. The fourth-order valence-corrected chi connectivity index (χ4v) is 3.08. The number of imidazole rings is 1. The van der Waals surface area contributed by atoms with Gasteiger partial charge in [-0.15, -0.1) is 0 Å². The molecule has 5 heteroatoms. The first kappa shape index (κ1) is 19.1. The lowest BCUT2D eigenvalue weighted by molar-refractivity contribution is -0.116. The van der Waals surface area contributed by atoms with Crippen molar-refractivity contribution in [3.8, 4) is 0 Å². The van der Waals surface area contributed by atoms with Gasteiger partial charge in [0.05, 0.1) is 17.6 Å². The van der Waals surface area contributed by atoms with Gasteiger partial charge in [-0.1, -0.05) is 49.4 Å². The number of ether oxygens (including phenoxy) is 1. The van der Waals surface area contributed by atoms with Crippen LogP contribution in [0.1, 0.15) is 31.7 Å². The van der Waals surface area contributed by atoms with Crippen LogP contribution in [0.25, 0.3) is 11.0 Å². The molecule has 0 aliphatic rings. The number of hydrogen-bond acceptors (Lipinski definition) is 3. The van der Waals surface area contributed by atoms with Crippen LogP contribution in [-0.2, 0) is 22.5 Å². The fourth-order valence-electron chi connectivity index (χ4n) is 3.08. The van der Waals surface area contributed by atoms with Crippen LogP contribution in [0.4, 0.5) is 5.95 Å². The largest absolute Gasteiger partial charge is 0.381 e. The van der Waals surface area contributed by atoms with E-state index >= 15 is 0 Å².